The molecule has 0 aromatic heterocycles. The number of benzene rings is 1. The molecule has 112 valence electrons. The average molecular weight is 311 g/mol. The van der Waals surface area contributed by atoms with Gasteiger partial charge in [0, 0.05) is 13.1 Å². The van der Waals surface area contributed by atoms with Crippen LogP contribution < -0.4 is 0 Å². The number of alkyl halides is 3. The quantitative estimate of drug-likeness (QED) is 0.788. The zero-order valence-corrected chi connectivity index (χ0v) is 11.2. The number of nitrogens with zero attached hydrogens (tertiary/aromatic N) is 1. The first-order chi connectivity index (χ1) is 9.21. The van der Waals surface area contributed by atoms with Crippen molar-refractivity contribution in [1.29, 1.82) is 0 Å². The van der Waals surface area contributed by atoms with Crippen LogP contribution in [0.3, 0.4) is 0 Å². The minimum absolute atomic E-state index is 0.0479. The lowest BCUT2D eigenvalue weighted by atomic mass is 9.99. The van der Waals surface area contributed by atoms with Crippen molar-refractivity contribution in [1.82, 2.24) is 4.31 Å². The van der Waals surface area contributed by atoms with Crippen molar-refractivity contribution in [3.8, 4) is 0 Å². The van der Waals surface area contributed by atoms with Crippen LogP contribution in [-0.2, 0) is 10.0 Å². The van der Waals surface area contributed by atoms with Crippen molar-refractivity contribution in [2.75, 3.05) is 13.1 Å². The highest BCUT2D eigenvalue weighted by atomic mass is 32.2. The third-order valence-corrected chi connectivity index (χ3v) is 5.18. The van der Waals surface area contributed by atoms with Gasteiger partial charge < -0.3 is 0 Å². The first kappa shape index (κ1) is 15.2. The van der Waals surface area contributed by atoms with Gasteiger partial charge in [-0.2, -0.15) is 17.5 Å². The second-order valence-electron chi connectivity index (χ2n) is 4.70. The summed E-state index contributed by atoms with van der Waals surface area (Å²) in [4.78, 5) is -0.193. The molecule has 0 amide bonds. The van der Waals surface area contributed by atoms with Crippen LogP contribution in [0.1, 0.15) is 12.8 Å². The summed E-state index contributed by atoms with van der Waals surface area (Å²) in [6, 6.07) is 4.06. The number of halogens is 4. The van der Waals surface area contributed by atoms with Crippen LogP contribution in [0.15, 0.2) is 29.2 Å². The van der Waals surface area contributed by atoms with Crippen LogP contribution in [0.5, 0.6) is 0 Å². The van der Waals surface area contributed by atoms with Crippen molar-refractivity contribution >= 4 is 10.0 Å². The van der Waals surface area contributed by atoms with Gasteiger partial charge in [-0.1, -0.05) is 0 Å². The van der Waals surface area contributed by atoms with Gasteiger partial charge >= 0.3 is 6.18 Å². The molecule has 0 N–H and O–H groups in total. The Labute approximate surface area is 114 Å². The molecule has 2 rings (SSSR count). The molecule has 1 aromatic rings. The lowest BCUT2D eigenvalue weighted by Crippen LogP contribution is -2.44. The Morgan fingerprint density at radius 2 is 1.75 bits per heavy atom. The van der Waals surface area contributed by atoms with E-state index in [1.807, 2.05) is 0 Å². The van der Waals surface area contributed by atoms with Crippen LogP contribution in [0, 0.1) is 11.7 Å². The molecule has 1 aliphatic heterocycles. The molecule has 8 heteroatoms. The number of hydrogen-bond donors (Lipinski definition) is 0. The summed E-state index contributed by atoms with van der Waals surface area (Å²) in [5, 5.41) is 0. The SMILES string of the molecule is O=S(=O)(c1ccc(F)cc1)N1CCC[C@H](C(F)(F)F)C1. The van der Waals surface area contributed by atoms with Gasteiger partial charge in [0.05, 0.1) is 10.8 Å². The third-order valence-electron chi connectivity index (χ3n) is 3.30. The predicted molar refractivity (Wildman–Crippen MR) is 63.9 cm³/mol. The van der Waals surface area contributed by atoms with Gasteiger partial charge in [-0.15, -0.1) is 0 Å². The van der Waals surface area contributed by atoms with E-state index in [4.69, 9.17) is 0 Å². The molecule has 1 heterocycles. The van der Waals surface area contributed by atoms with Crippen LogP contribution >= 0.6 is 0 Å². The molecule has 1 aromatic carbocycles. The number of sulfonamides is 1. The Kier molecular flexibility index (Phi) is 4.06. The topological polar surface area (TPSA) is 37.4 Å². The van der Waals surface area contributed by atoms with Crippen molar-refractivity contribution in [3.63, 3.8) is 0 Å². The van der Waals surface area contributed by atoms with E-state index in [1.165, 1.54) is 0 Å². The maximum atomic E-state index is 12.8. The average Bonchev–Trinajstić information content (AvgIpc) is 2.38. The predicted octanol–water partition coefficient (Wildman–Crippen LogP) is 2.79. The van der Waals surface area contributed by atoms with E-state index in [2.05, 4.69) is 0 Å². The fourth-order valence-corrected chi connectivity index (χ4v) is 3.71. The van der Waals surface area contributed by atoms with Crippen molar-refractivity contribution in [3.05, 3.63) is 30.1 Å². The maximum absolute atomic E-state index is 12.8. The van der Waals surface area contributed by atoms with Crippen LogP contribution in [0.4, 0.5) is 17.6 Å². The molecular weight excluding hydrogens is 298 g/mol. The van der Waals surface area contributed by atoms with Gasteiger partial charge in [0.1, 0.15) is 5.82 Å². The third kappa shape index (κ3) is 3.12. The molecule has 0 unspecified atom stereocenters. The monoisotopic (exact) mass is 311 g/mol. The van der Waals surface area contributed by atoms with E-state index in [1.54, 1.807) is 0 Å². The highest BCUT2D eigenvalue weighted by molar-refractivity contribution is 7.89. The van der Waals surface area contributed by atoms with E-state index >= 15 is 0 Å². The molecule has 3 nitrogen and oxygen atoms in total. The Balaban J connectivity index is 2.23. The lowest BCUT2D eigenvalue weighted by molar-refractivity contribution is -0.182. The summed E-state index contributed by atoms with van der Waals surface area (Å²) in [5.74, 6) is -2.25. The fourth-order valence-electron chi connectivity index (χ4n) is 2.18. The fraction of sp³-hybridized carbons (Fsp3) is 0.500. The Morgan fingerprint density at radius 3 is 2.30 bits per heavy atom. The zero-order chi connectivity index (χ0) is 15.0. The van der Waals surface area contributed by atoms with E-state index in [-0.39, 0.29) is 24.3 Å². The first-order valence-electron chi connectivity index (χ1n) is 6.03. The van der Waals surface area contributed by atoms with Crippen molar-refractivity contribution in [2.24, 2.45) is 5.92 Å². The minimum atomic E-state index is -4.41. The number of piperidine rings is 1. The van der Waals surface area contributed by atoms with Gasteiger partial charge in [-0.25, -0.2) is 12.8 Å². The van der Waals surface area contributed by atoms with E-state index in [0.29, 0.717) is 0 Å². The minimum Gasteiger partial charge on any atom is -0.207 e. The molecule has 0 bridgehead atoms. The first-order valence-corrected chi connectivity index (χ1v) is 7.48. The van der Waals surface area contributed by atoms with Crippen LogP contribution in [-0.4, -0.2) is 32.0 Å². The van der Waals surface area contributed by atoms with Crippen LogP contribution in [0.2, 0.25) is 0 Å². The van der Waals surface area contributed by atoms with Gasteiger partial charge in [0.25, 0.3) is 0 Å². The largest absolute Gasteiger partial charge is 0.393 e. The Morgan fingerprint density at radius 1 is 1.15 bits per heavy atom. The molecule has 0 aliphatic carbocycles. The molecule has 0 radical (unpaired) electrons. The standard InChI is InChI=1S/C12H13F4NO2S/c13-10-3-5-11(6-4-10)20(18,19)17-7-1-2-9(8-17)12(14,15)16/h3-6,9H,1-2,7-8H2/t9-/m0/s1. The summed E-state index contributed by atoms with van der Waals surface area (Å²) in [6.45, 7) is -0.532. The number of rotatable bonds is 2. The molecule has 1 fully saturated rings. The second kappa shape index (κ2) is 5.33. The highest BCUT2D eigenvalue weighted by Gasteiger charge is 2.44. The van der Waals surface area contributed by atoms with Gasteiger partial charge in [0.2, 0.25) is 10.0 Å². The molecule has 1 atom stereocenters. The molecule has 1 aliphatic rings. The van der Waals surface area contributed by atoms with Crippen molar-refractivity contribution < 1.29 is 26.0 Å². The van der Waals surface area contributed by atoms with Crippen molar-refractivity contribution in [2.45, 2.75) is 23.9 Å². The normalized spacial score (nSPS) is 21.9. The summed E-state index contributed by atoms with van der Waals surface area (Å²) in [5.41, 5.74) is 0. The van der Waals surface area contributed by atoms with E-state index < -0.39 is 34.5 Å². The molecule has 0 saturated carbocycles. The zero-order valence-electron chi connectivity index (χ0n) is 10.4. The smallest absolute Gasteiger partial charge is 0.207 e. The Bertz CT molecular complexity index is 568. The summed E-state index contributed by atoms with van der Waals surface area (Å²) >= 11 is 0. The van der Waals surface area contributed by atoms with Gasteiger partial charge in [-0.3, -0.25) is 0 Å². The highest BCUT2D eigenvalue weighted by Crippen LogP contribution is 2.34. The Hall–Kier alpha value is -1.15. The second-order valence-corrected chi connectivity index (χ2v) is 6.64. The molecule has 1 saturated heterocycles. The maximum Gasteiger partial charge on any atom is 0.393 e. The van der Waals surface area contributed by atoms with Crippen LogP contribution in [0.25, 0.3) is 0 Å². The summed E-state index contributed by atoms with van der Waals surface area (Å²) in [7, 11) is -4.01. The van der Waals surface area contributed by atoms with E-state index in [9.17, 15) is 26.0 Å². The summed E-state index contributed by atoms with van der Waals surface area (Å²) < 4.78 is 76.1. The lowest BCUT2D eigenvalue weighted by Gasteiger charge is -2.32. The van der Waals surface area contributed by atoms with Gasteiger partial charge in [0.15, 0.2) is 0 Å². The molecule has 20 heavy (non-hydrogen) atoms. The molecule has 0 spiro atoms. The number of hydrogen-bond acceptors (Lipinski definition) is 2. The summed E-state index contributed by atoms with van der Waals surface area (Å²) in [6.07, 6.45) is -4.32. The molecular formula is C12H13F4NO2S. The van der Waals surface area contributed by atoms with E-state index in [0.717, 1.165) is 28.6 Å². The van der Waals surface area contributed by atoms with Gasteiger partial charge in [-0.05, 0) is 37.1 Å².